The van der Waals surface area contributed by atoms with E-state index in [9.17, 15) is 4.79 Å². The molecule has 1 aromatic carbocycles. The summed E-state index contributed by atoms with van der Waals surface area (Å²) in [5.41, 5.74) is 2.04. The molecule has 0 saturated carbocycles. The fraction of sp³-hybridized carbons (Fsp3) is 0.190. The van der Waals surface area contributed by atoms with Gasteiger partial charge in [-0.3, -0.25) is 4.79 Å². The largest absolute Gasteiger partial charge is 0.496 e. The molecule has 0 aliphatic rings. The van der Waals surface area contributed by atoms with Crippen LogP contribution in [0.4, 0.5) is 0 Å². The van der Waals surface area contributed by atoms with E-state index in [0.29, 0.717) is 13.1 Å². The van der Waals surface area contributed by atoms with Crippen molar-refractivity contribution in [3.63, 3.8) is 0 Å². The lowest BCUT2D eigenvalue weighted by molar-refractivity contribution is -0.127. The zero-order valence-corrected chi connectivity index (χ0v) is 16.5. The van der Waals surface area contributed by atoms with Crippen molar-refractivity contribution in [3.05, 3.63) is 80.2 Å². The molecule has 2 aromatic heterocycles. The van der Waals surface area contributed by atoms with Gasteiger partial charge >= 0.3 is 0 Å². The van der Waals surface area contributed by atoms with Crippen molar-refractivity contribution in [2.24, 2.45) is 0 Å². The van der Waals surface area contributed by atoms with Crippen LogP contribution >= 0.6 is 22.7 Å². The Labute approximate surface area is 162 Å². The lowest BCUT2D eigenvalue weighted by atomic mass is 10.1. The van der Waals surface area contributed by atoms with Crippen LogP contribution in [0.3, 0.4) is 0 Å². The molecule has 5 heteroatoms. The second-order valence-electron chi connectivity index (χ2n) is 5.93. The molecular weight excluding hydrogens is 362 g/mol. The van der Waals surface area contributed by atoms with E-state index in [1.54, 1.807) is 35.9 Å². The molecule has 26 heavy (non-hydrogen) atoms. The number of rotatable bonds is 7. The van der Waals surface area contributed by atoms with Crippen LogP contribution in [0, 0.1) is 6.92 Å². The third-order valence-corrected chi connectivity index (χ3v) is 5.68. The van der Waals surface area contributed by atoms with Crippen LogP contribution in [0.1, 0.15) is 20.9 Å². The number of methoxy groups -OCH3 is 1. The zero-order chi connectivity index (χ0) is 18.4. The van der Waals surface area contributed by atoms with Gasteiger partial charge in [0, 0.05) is 21.4 Å². The average Bonchev–Trinajstić information content (AvgIpc) is 3.33. The van der Waals surface area contributed by atoms with Crippen LogP contribution in [0.5, 0.6) is 5.75 Å². The van der Waals surface area contributed by atoms with E-state index in [-0.39, 0.29) is 5.91 Å². The molecule has 0 aliphatic carbocycles. The van der Waals surface area contributed by atoms with E-state index in [2.05, 4.69) is 12.1 Å². The lowest BCUT2D eigenvalue weighted by Crippen LogP contribution is -2.27. The van der Waals surface area contributed by atoms with E-state index < -0.39 is 0 Å². The molecule has 3 rings (SSSR count). The highest BCUT2D eigenvalue weighted by Crippen LogP contribution is 2.22. The first kappa shape index (κ1) is 18.4. The Morgan fingerprint density at radius 1 is 1.08 bits per heavy atom. The quantitative estimate of drug-likeness (QED) is 0.513. The molecule has 0 atom stereocenters. The van der Waals surface area contributed by atoms with Crippen molar-refractivity contribution in [2.45, 2.75) is 20.0 Å². The molecule has 0 N–H and O–H groups in total. The van der Waals surface area contributed by atoms with Gasteiger partial charge < -0.3 is 9.64 Å². The molecule has 0 bridgehead atoms. The number of amides is 1. The number of ether oxygens (including phenoxy) is 1. The first-order valence-electron chi connectivity index (χ1n) is 8.32. The number of hydrogen-bond acceptors (Lipinski definition) is 4. The average molecular weight is 384 g/mol. The highest BCUT2D eigenvalue weighted by atomic mass is 32.1. The summed E-state index contributed by atoms with van der Waals surface area (Å²) in [5, 5.41) is 4.08. The van der Waals surface area contributed by atoms with Crippen LogP contribution in [-0.2, 0) is 17.9 Å². The number of nitrogens with zero attached hydrogens (tertiary/aromatic N) is 1. The topological polar surface area (TPSA) is 29.5 Å². The zero-order valence-electron chi connectivity index (χ0n) is 14.8. The van der Waals surface area contributed by atoms with Gasteiger partial charge in [-0.15, -0.1) is 22.7 Å². The fourth-order valence-electron chi connectivity index (χ4n) is 2.64. The highest BCUT2D eigenvalue weighted by molar-refractivity contribution is 7.10. The number of carbonyl (C=O) groups excluding carboxylic acids is 1. The SMILES string of the molecule is COc1ccc(C)cc1/C=C/C(=O)N(Cc1cccs1)Cc1cccs1. The summed E-state index contributed by atoms with van der Waals surface area (Å²) in [6.07, 6.45) is 3.47. The molecule has 0 spiro atoms. The summed E-state index contributed by atoms with van der Waals surface area (Å²) in [6, 6.07) is 14.1. The Kier molecular flexibility index (Phi) is 6.26. The van der Waals surface area contributed by atoms with Gasteiger partial charge in [0.05, 0.1) is 20.2 Å². The van der Waals surface area contributed by atoms with Crippen LogP contribution < -0.4 is 4.74 Å². The summed E-state index contributed by atoms with van der Waals surface area (Å²) < 4.78 is 5.39. The molecule has 2 heterocycles. The third-order valence-electron chi connectivity index (χ3n) is 3.96. The van der Waals surface area contributed by atoms with Crippen molar-refractivity contribution in [2.75, 3.05) is 7.11 Å². The van der Waals surface area contributed by atoms with Gasteiger partial charge in [-0.05, 0) is 48.0 Å². The van der Waals surface area contributed by atoms with Crippen LogP contribution in [0.15, 0.2) is 59.3 Å². The lowest BCUT2D eigenvalue weighted by Gasteiger charge is -2.20. The summed E-state index contributed by atoms with van der Waals surface area (Å²) in [6.45, 7) is 3.26. The minimum absolute atomic E-state index is 0.00430. The van der Waals surface area contributed by atoms with Crippen LogP contribution in [0.25, 0.3) is 6.08 Å². The van der Waals surface area contributed by atoms with Gasteiger partial charge in [0.15, 0.2) is 0 Å². The second-order valence-corrected chi connectivity index (χ2v) is 8.00. The molecular formula is C21H21NO2S2. The van der Waals surface area contributed by atoms with Gasteiger partial charge in [-0.1, -0.05) is 23.8 Å². The normalized spacial score (nSPS) is 11.0. The molecule has 0 saturated heterocycles. The van der Waals surface area contributed by atoms with E-state index in [1.165, 1.54) is 9.75 Å². The third kappa shape index (κ3) is 4.84. The van der Waals surface area contributed by atoms with Crippen molar-refractivity contribution in [1.29, 1.82) is 0 Å². The monoisotopic (exact) mass is 383 g/mol. The molecule has 0 radical (unpaired) electrons. The number of benzene rings is 1. The van der Waals surface area contributed by atoms with Gasteiger partial charge in [-0.25, -0.2) is 0 Å². The molecule has 0 unspecified atom stereocenters. The predicted molar refractivity (Wildman–Crippen MR) is 110 cm³/mol. The van der Waals surface area contributed by atoms with E-state index in [4.69, 9.17) is 4.74 Å². The Morgan fingerprint density at radius 3 is 2.27 bits per heavy atom. The Hall–Kier alpha value is -2.37. The fourth-order valence-corrected chi connectivity index (χ4v) is 4.08. The van der Waals surface area contributed by atoms with E-state index >= 15 is 0 Å². The van der Waals surface area contributed by atoms with Crippen LogP contribution in [-0.4, -0.2) is 17.9 Å². The Bertz CT molecular complexity index is 831. The molecule has 1 amide bonds. The van der Waals surface area contributed by atoms with Crippen molar-refractivity contribution in [3.8, 4) is 5.75 Å². The maximum absolute atomic E-state index is 12.9. The summed E-state index contributed by atoms with van der Waals surface area (Å²) in [5.74, 6) is 0.762. The maximum atomic E-state index is 12.9. The van der Waals surface area contributed by atoms with Gasteiger partial charge in [0.25, 0.3) is 0 Å². The minimum atomic E-state index is -0.00430. The van der Waals surface area contributed by atoms with E-state index in [0.717, 1.165) is 16.9 Å². The Balaban J connectivity index is 1.79. The predicted octanol–water partition coefficient (Wildman–Crippen LogP) is 5.37. The minimum Gasteiger partial charge on any atom is -0.496 e. The number of hydrogen-bond donors (Lipinski definition) is 0. The molecule has 3 nitrogen and oxygen atoms in total. The highest BCUT2D eigenvalue weighted by Gasteiger charge is 2.13. The van der Waals surface area contributed by atoms with Gasteiger partial charge in [-0.2, -0.15) is 0 Å². The standard InChI is InChI=1S/C21H21NO2S2/c1-16-7-9-20(24-2)17(13-16)8-10-21(23)22(14-18-5-3-11-25-18)15-19-6-4-12-26-19/h3-13H,14-15H2,1-2H3/b10-8+. The number of aryl methyl sites for hydroxylation is 1. The van der Waals surface area contributed by atoms with Gasteiger partial charge in [0.1, 0.15) is 5.75 Å². The summed E-state index contributed by atoms with van der Waals surface area (Å²) >= 11 is 3.34. The van der Waals surface area contributed by atoms with Crippen molar-refractivity contribution < 1.29 is 9.53 Å². The first-order valence-corrected chi connectivity index (χ1v) is 10.1. The van der Waals surface area contributed by atoms with Gasteiger partial charge in [0.2, 0.25) is 5.91 Å². The number of carbonyl (C=O) groups is 1. The maximum Gasteiger partial charge on any atom is 0.247 e. The second kappa shape index (κ2) is 8.83. The molecule has 3 aromatic rings. The molecule has 0 fully saturated rings. The summed E-state index contributed by atoms with van der Waals surface area (Å²) in [7, 11) is 1.64. The summed E-state index contributed by atoms with van der Waals surface area (Å²) in [4.78, 5) is 17.1. The molecule has 134 valence electrons. The molecule has 0 aliphatic heterocycles. The smallest absolute Gasteiger partial charge is 0.247 e. The number of thiophene rings is 2. The van der Waals surface area contributed by atoms with Crippen molar-refractivity contribution >= 4 is 34.7 Å². The van der Waals surface area contributed by atoms with Crippen LogP contribution in [0.2, 0.25) is 0 Å². The van der Waals surface area contributed by atoms with E-state index in [1.807, 2.05) is 59.0 Å². The Morgan fingerprint density at radius 2 is 1.73 bits per heavy atom. The first-order chi connectivity index (χ1) is 12.7. The van der Waals surface area contributed by atoms with Crippen molar-refractivity contribution in [1.82, 2.24) is 4.90 Å².